The molecule has 0 aromatic rings. The van der Waals surface area contributed by atoms with Crippen LogP contribution in [0.4, 0.5) is 0 Å². The molecule has 1 aliphatic heterocycles. The zero-order chi connectivity index (χ0) is 42.0. The predicted molar refractivity (Wildman–Crippen MR) is 193 cm³/mol. The van der Waals surface area contributed by atoms with E-state index in [1.165, 1.54) is 4.90 Å². The first kappa shape index (κ1) is 47.7. The Kier molecular flexibility index (Phi) is 20.4. The van der Waals surface area contributed by atoms with E-state index >= 15 is 0 Å². The van der Waals surface area contributed by atoms with Crippen molar-refractivity contribution in [2.75, 3.05) is 18.8 Å². The maximum absolute atomic E-state index is 13.7. The molecule has 21 nitrogen and oxygen atoms in total. The number of Topliss-reactive ketones (excluding diaryl/α,β-unsaturated/α-hetero) is 1. The molecular formula is C33H51N7O14S. The van der Waals surface area contributed by atoms with Gasteiger partial charge in [-0.05, 0) is 38.0 Å². The van der Waals surface area contributed by atoms with Crippen LogP contribution >= 0.6 is 12.6 Å². The summed E-state index contributed by atoms with van der Waals surface area (Å²) in [5, 5.41) is 41.0. The Bertz CT molecular complexity index is 1480. The van der Waals surface area contributed by atoms with Gasteiger partial charge in [-0.25, -0.2) is 0 Å². The summed E-state index contributed by atoms with van der Waals surface area (Å²) in [5.41, 5.74) is 0. The Morgan fingerprint density at radius 2 is 1.25 bits per heavy atom. The lowest BCUT2D eigenvalue weighted by atomic mass is 10.0. The molecule has 1 fully saturated rings. The van der Waals surface area contributed by atoms with E-state index in [1.807, 2.05) is 5.32 Å². The number of carboxylic acid groups (broad SMARTS) is 3. The zero-order valence-electron chi connectivity index (χ0n) is 31.0. The zero-order valence-corrected chi connectivity index (χ0v) is 31.9. The summed E-state index contributed by atoms with van der Waals surface area (Å²) >= 11 is 4.20. The van der Waals surface area contributed by atoms with Crippen molar-refractivity contribution >= 4 is 77.7 Å². The van der Waals surface area contributed by atoms with E-state index in [4.69, 9.17) is 10.2 Å². The minimum Gasteiger partial charge on any atom is -0.481 e. The first-order chi connectivity index (χ1) is 25.7. The molecule has 0 aromatic heterocycles. The number of likely N-dealkylation sites (tertiary alicyclic amines) is 1. The van der Waals surface area contributed by atoms with Gasteiger partial charge in [0.2, 0.25) is 41.2 Å². The van der Waals surface area contributed by atoms with Crippen LogP contribution in [-0.4, -0.2) is 140 Å². The van der Waals surface area contributed by atoms with Gasteiger partial charge in [0.15, 0.2) is 0 Å². The third-order valence-corrected chi connectivity index (χ3v) is 8.70. The minimum absolute atomic E-state index is 0.0464. The molecule has 0 aliphatic carbocycles. The molecule has 1 heterocycles. The molecule has 0 radical (unpaired) electrons. The van der Waals surface area contributed by atoms with Crippen molar-refractivity contribution in [1.29, 1.82) is 0 Å². The summed E-state index contributed by atoms with van der Waals surface area (Å²) in [6, 6.07) is -8.00. The Hall–Kier alpha value is -5.28. The molecule has 0 aromatic carbocycles. The summed E-state index contributed by atoms with van der Waals surface area (Å²) in [4.78, 5) is 138. The average Bonchev–Trinajstić information content (AvgIpc) is 3.60. The second-order valence-electron chi connectivity index (χ2n) is 13.1. The number of aliphatic carboxylic acids is 3. The van der Waals surface area contributed by atoms with Crippen molar-refractivity contribution in [1.82, 2.24) is 36.8 Å². The highest BCUT2D eigenvalue weighted by Crippen LogP contribution is 2.20. The molecule has 1 rings (SSSR count). The number of thiol groups is 1. The Balaban J connectivity index is 3.15. The van der Waals surface area contributed by atoms with Crippen LogP contribution in [0.3, 0.4) is 0 Å². The van der Waals surface area contributed by atoms with Crippen molar-refractivity contribution in [3.63, 3.8) is 0 Å². The van der Waals surface area contributed by atoms with Crippen LogP contribution in [0.5, 0.6) is 0 Å². The standard InChI is InChI=1S/C33H51N7O14S/c1-5-7-18(27(48)32(53)34-14-25(46)47)36-30(51)22-8-6-13-40(22)33(54)21(15-55)38-31(52)26(16(2)3)39-29(50)20(10-12-24(44)45)37-28(49)19(35-17(4)41)9-11-23(42)43/h16,18-22,26,55H,5-15H2,1-4H3,(H,34,53)(H,35,41)(H,36,51)(H,37,49)(H,38,52)(H,39,50)(H,42,43)(H,44,45)(H,46,47)/t18-,19-,20-,21-,22-,26-/m0/s1. The Morgan fingerprint density at radius 1 is 0.709 bits per heavy atom. The SMILES string of the molecule is CCC[C@H](NC(=O)[C@@H]1CCCN1C(=O)[C@H](CS)NC(=O)[C@@H](NC(=O)[C@H](CCC(=O)O)NC(=O)[C@H](CCC(=O)O)NC(C)=O)C(C)C)C(=O)C(=O)NCC(=O)O. The number of hydrogen-bond donors (Lipinski definition) is 10. The summed E-state index contributed by atoms with van der Waals surface area (Å²) in [6.07, 6.45) is -0.929. The van der Waals surface area contributed by atoms with Crippen molar-refractivity contribution in [3.05, 3.63) is 0 Å². The number of carboxylic acids is 3. The maximum Gasteiger partial charge on any atom is 0.322 e. The van der Waals surface area contributed by atoms with Crippen LogP contribution < -0.4 is 31.9 Å². The molecule has 1 aliphatic rings. The fourth-order valence-electron chi connectivity index (χ4n) is 5.56. The summed E-state index contributed by atoms with van der Waals surface area (Å²) in [6.45, 7) is 5.18. The number of nitrogens with zero attached hydrogens (tertiary/aromatic N) is 1. The number of rotatable bonds is 24. The molecule has 0 unspecified atom stereocenters. The summed E-state index contributed by atoms with van der Waals surface area (Å²) in [5.74, 6) is -12.1. The van der Waals surface area contributed by atoms with Gasteiger partial charge in [0.25, 0.3) is 5.91 Å². The Morgan fingerprint density at radius 3 is 1.75 bits per heavy atom. The fraction of sp³-hybridized carbons (Fsp3) is 0.667. The van der Waals surface area contributed by atoms with Crippen LogP contribution in [0.15, 0.2) is 0 Å². The Labute approximate surface area is 322 Å². The van der Waals surface area contributed by atoms with E-state index in [2.05, 4.69) is 39.2 Å². The molecule has 1 saturated heterocycles. The van der Waals surface area contributed by atoms with Crippen molar-refractivity contribution in [2.24, 2.45) is 5.92 Å². The van der Waals surface area contributed by atoms with Crippen LogP contribution in [0.2, 0.25) is 0 Å². The number of amides is 7. The van der Waals surface area contributed by atoms with E-state index in [0.29, 0.717) is 12.8 Å². The maximum atomic E-state index is 13.7. The second kappa shape index (κ2) is 23.5. The highest BCUT2D eigenvalue weighted by molar-refractivity contribution is 7.80. The van der Waals surface area contributed by atoms with Crippen molar-refractivity contribution in [3.8, 4) is 0 Å². The molecule has 0 spiro atoms. The van der Waals surface area contributed by atoms with Crippen LogP contribution in [0, 0.1) is 5.92 Å². The largest absolute Gasteiger partial charge is 0.481 e. The molecule has 55 heavy (non-hydrogen) atoms. The highest BCUT2D eigenvalue weighted by atomic mass is 32.1. The molecule has 6 atom stereocenters. The molecule has 9 N–H and O–H groups in total. The predicted octanol–water partition coefficient (Wildman–Crippen LogP) is -2.69. The minimum atomic E-state index is -1.54. The van der Waals surface area contributed by atoms with Gasteiger partial charge in [-0.1, -0.05) is 27.2 Å². The quantitative estimate of drug-likeness (QED) is 0.0351. The lowest BCUT2D eigenvalue weighted by Gasteiger charge is -2.31. The molecule has 7 amide bonds. The molecule has 0 saturated carbocycles. The average molecular weight is 802 g/mol. The number of ketones is 1. The third-order valence-electron chi connectivity index (χ3n) is 8.34. The van der Waals surface area contributed by atoms with E-state index < -0.39 is 133 Å². The van der Waals surface area contributed by atoms with Gasteiger partial charge >= 0.3 is 17.9 Å². The molecule has 0 bridgehead atoms. The molecular weight excluding hydrogens is 750 g/mol. The molecule has 308 valence electrons. The van der Waals surface area contributed by atoms with Crippen molar-refractivity contribution in [2.45, 2.75) is 115 Å². The normalized spacial score (nSPS) is 16.3. The van der Waals surface area contributed by atoms with Crippen LogP contribution in [0.1, 0.15) is 79.1 Å². The van der Waals surface area contributed by atoms with E-state index in [1.54, 1.807) is 20.8 Å². The monoisotopic (exact) mass is 801 g/mol. The van der Waals surface area contributed by atoms with E-state index in [-0.39, 0.29) is 31.6 Å². The molecule has 22 heteroatoms. The van der Waals surface area contributed by atoms with Gasteiger partial charge in [0, 0.05) is 32.1 Å². The van der Waals surface area contributed by atoms with Gasteiger partial charge in [0.05, 0.1) is 6.04 Å². The van der Waals surface area contributed by atoms with Gasteiger partial charge in [-0.2, -0.15) is 12.6 Å². The van der Waals surface area contributed by atoms with Crippen LogP contribution in [0.25, 0.3) is 0 Å². The van der Waals surface area contributed by atoms with Gasteiger partial charge < -0.3 is 52.1 Å². The van der Waals surface area contributed by atoms with Crippen molar-refractivity contribution < 1.29 is 68.1 Å². The summed E-state index contributed by atoms with van der Waals surface area (Å²) in [7, 11) is 0. The lowest BCUT2D eigenvalue weighted by molar-refractivity contribution is -0.144. The first-order valence-corrected chi connectivity index (χ1v) is 18.2. The van der Waals surface area contributed by atoms with Crippen LogP contribution in [-0.2, 0) is 52.7 Å². The van der Waals surface area contributed by atoms with E-state index in [0.717, 1.165) is 6.92 Å². The first-order valence-electron chi connectivity index (χ1n) is 17.6. The van der Waals surface area contributed by atoms with Gasteiger partial charge in [-0.3, -0.25) is 52.7 Å². The van der Waals surface area contributed by atoms with Gasteiger partial charge in [-0.15, -0.1) is 0 Å². The third kappa shape index (κ3) is 16.3. The second-order valence-corrected chi connectivity index (χ2v) is 13.5. The topological polar surface area (TPSA) is 324 Å². The highest BCUT2D eigenvalue weighted by Gasteiger charge is 2.40. The summed E-state index contributed by atoms with van der Waals surface area (Å²) < 4.78 is 0. The fourth-order valence-corrected chi connectivity index (χ4v) is 5.80. The number of carbonyl (C=O) groups is 11. The number of carbonyl (C=O) groups excluding carboxylic acids is 8. The lowest BCUT2D eigenvalue weighted by Crippen LogP contribution is -2.60. The van der Waals surface area contributed by atoms with E-state index in [9.17, 15) is 57.8 Å². The van der Waals surface area contributed by atoms with Gasteiger partial charge in [0.1, 0.15) is 36.8 Å². The number of hydrogen-bond acceptors (Lipinski definition) is 12. The number of nitrogens with one attached hydrogen (secondary N) is 6. The smallest absolute Gasteiger partial charge is 0.322 e.